The molecule has 0 spiro atoms. The molecule has 2 aromatic rings. The summed E-state index contributed by atoms with van der Waals surface area (Å²) in [5, 5.41) is 2.84. The molecular weight excluding hydrogens is 304 g/mol. The number of carbonyl (C=O) groups is 1. The normalized spacial score (nSPS) is 15.4. The largest absolute Gasteiger partial charge is 0.327 e. The van der Waals surface area contributed by atoms with Crippen molar-refractivity contribution in [1.82, 2.24) is 9.36 Å². The molecule has 1 aromatic heterocycles. The van der Waals surface area contributed by atoms with Gasteiger partial charge >= 0.3 is 0 Å². The third-order valence-corrected chi connectivity index (χ3v) is 4.79. The van der Waals surface area contributed by atoms with Gasteiger partial charge in [-0.05, 0) is 38.3 Å². The van der Waals surface area contributed by atoms with Gasteiger partial charge in [0.2, 0.25) is 0 Å². The molecule has 0 aliphatic carbocycles. The molecule has 0 saturated carbocycles. The van der Waals surface area contributed by atoms with Crippen LogP contribution in [0.4, 0.5) is 5.69 Å². The van der Waals surface area contributed by atoms with Crippen molar-refractivity contribution in [3.8, 4) is 5.69 Å². The molecule has 6 heteroatoms. The zero-order chi connectivity index (χ0) is 17.1. The summed E-state index contributed by atoms with van der Waals surface area (Å²) in [6.45, 7) is 4.36. The van der Waals surface area contributed by atoms with Crippen LogP contribution in [0.25, 0.3) is 5.69 Å². The molecule has 24 heavy (non-hydrogen) atoms. The van der Waals surface area contributed by atoms with Gasteiger partial charge in [0.1, 0.15) is 5.69 Å². The van der Waals surface area contributed by atoms with Crippen molar-refractivity contribution in [2.24, 2.45) is 7.05 Å². The van der Waals surface area contributed by atoms with E-state index >= 15 is 0 Å². The van der Waals surface area contributed by atoms with Crippen LogP contribution in [0.2, 0.25) is 0 Å². The summed E-state index contributed by atoms with van der Waals surface area (Å²) in [5.74, 6) is -0.0853. The monoisotopic (exact) mass is 329 g/mol. The minimum absolute atomic E-state index is 0.0853. The van der Waals surface area contributed by atoms with E-state index in [4.69, 9.17) is 0 Å². The van der Waals surface area contributed by atoms with Crippen LogP contribution in [0, 0.1) is 6.92 Å². The minimum Gasteiger partial charge on any atom is -0.327 e. The van der Waals surface area contributed by atoms with E-state index in [1.54, 1.807) is 9.36 Å². The Bertz CT molecular complexity index is 770. The fourth-order valence-electron chi connectivity index (χ4n) is 3.35. The third-order valence-electron chi connectivity index (χ3n) is 4.79. The lowest BCUT2D eigenvalue weighted by atomic mass is 10.1. The first kappa shape index (κ1) is 16.5. The second-order valence-corrected chi connectivity index (χ2v) is 6.47. The molecule has 2 N–H and O–H groups in total. The van der Waals surface area contributed by atoms with E-state index in [1.807, 2.05) is 44.3 Å². The molecule has 1 aromatic carbocycles. The average Bonchev–Trinajstić information content (AvgIpc) is 2.80. The Hall–Kier alpha value is -2.34. The molecule has 6 nitrogen and oxygen atoms in total. The number of quaternary nitrogens is 1. The van der Waals surface area contributed by atoms with Crippen LogP contribution >= 0.6 is 0 Å². The summed E-state index contributed by atoms with van der Waals surface area (Å²) < 4.78 is 3.36. The molecular formula is C18H25N4O2+. The van der Waals surface area contributed by atoms with E-state index in [9.17, 15) is 9.59 Å². The Kier molecular flexibility index (Phi) is 4.85. The van der Waals surface area contributed by atoms with Gasteiger partial charge in [0.15, 0.2) is 6.54 Å². The van der Waals surface area contributed by atoms with Crippen molar-refractivity contribution in [2.45, 2.75) is 26.2 Å². The van der Waals surface area contributed by atoms with Crippen molar-refractivity contribution >= 4 is 11.6 Å². The number of hydrogen-bond acceptors (Lipinski definition) is 2. The van der Waals surface area contributed by atoms with E-state index in [0.717, 1.165) is 24.5 Å². The lowest BCUT2D eigenvalue weighted by Gasteiger charge is -2.22. The fourth-order valence-corrected chi connectivity index (χ4v) is 3.35. The highest BCUT2D eigenvalue weighted by Gasteiger charge is 2.21. The first-order chi connectivity index (χ1) is 11.6. The van der Waals surface area contributed by atoms with E-state index < -0.39 is 0 Å². The predicted molar refractivity (Wildman–Crippen MR) is 93.8 cm³/mol. The molecule has 128 valence electrons. The zero-order valence-electron chi connectivity index (χ0n) is 14.3. The topological polar surface area (TPSA) is 60.5 Å². The molecule has 2 heterocycles. The number of piperidine rings is 1. The van der Waals surface area contributed by atoms with Crippen LogP contribution < -0.4 is 15.8 Å². The Morgan fingerprint density at radius 1 is 1.17 bits per heavy atom. The highest BCUT2D eigenvalue weighted by Crippen LogP contribution is 2.13. The van der Waals surface area contributed by atoms with Crippen LogP contribution in [-0.4, -0.2) is 34.9 Å². The number of carbonyl (C=O) groups excluding carboxylic acids is 1. The molecule has 1 aliphatic heterocycles. The predicted octanol–water partition coefficient (Wildman–Crippen LogP) is 0.492. The molecule has 0 atom stereocenters. The maximum absolute atomic E-state index is 12.8. The smallest absolute Gasteiger partial charge is 0.295 e. The van der Waals surface area contributed by atoms with Crippen molar-refractivity contribution < 1.29 is 9.69 Å². The maximum Gasteiger partial charge on any atom is 0.295 e. The first-order valence-electron chi connectivity index (χ1n) is 8.55. The maximum atomic E-state index is 12.8. The van der Waals surface area contributed by atoms with Gasteiger partial charge in [-0.2, -0.15) is 0 Å². The van der Waals surface area contributed by atoms with Gasteiger partial charge in [-0.3, -0.25) is 14.3 Å². The number of aromatic nitrogens is 2. The SMILES string of the molecule is Cc1c(NC(=O)C[NH+]2CCCCC2)c(=O)n(-c2ccccc2)n1C. The summed E-state index contributed by atoms with van der Waals surface area (Å²) in [5.41, 5.74) is 1.73. The lowest BCUT2D eigenvalue weighted by Crippen LogP contribution is -3.13. The number of para-hydroxylation sites is 1. The van der Waals surface area contributed by atoms with Crippen LogP contribution in [0.15, 0.2) is 35.1 Å². The van der Waals surface area contributed by atoms with Gasteiger partial charge in [0.25, 0.3) is 11.5 Å². The summed E-state index contributed by atoms with van der Waals surface area (Å²) >= 11 is 0. The highest BCUT2D eigenvalue weighted by molar-refractivity contribution is 5.91. The Morgan fingerprint density at radius 3 is 2.50 bits per heavy atom. The van der Waals surface area contributed by atoms with Gasteiger partial charge in [0, 0.05) is 7.05 Å². The van der Waals surface area contributed by atoms with Gasteiger partial charge in [-0.15, -0.1) is 0 Å². The number of nitrogens with one attached hydrogen (secondary N) is 2. The molecule has 1 fully saturated rings. The number of rotatable bonds is 4. The lowest BCUT2D eigenvalue weighted by molar-refractivity contribution is -0.896. The molecule has 3 rings (SSSR count). The number of likely N-dealkylation sites (tertiary alicyclic amines) is 1. The van der Waals surface area contributed by atoms with Crippen molar-refractivity contribution in [2.75, 3.05) is 25.0 Å². The van der Waals surface area contributed by atoms with E-state index in [1.165, 1.54) is 24.2 Å². The van der Waals surface area contributed by atoms with E-state index in [0.29, 0.717) is 12.2 Å². The zero-order valence-corrected chi connectivity index (χ0v) is 14.3. The Morgan fingerprint density at radius 2 is 1.83 bits per heavy atom. The van der Waals surface area contributed by atoms with Crippen molar-refractivity contribution in [1.29, 1.82) is 0 Å². The molecule has 0 radical (unpaired) electrons. The van der Waals surface area contributed by atoms with Crippen molar-refractivity contribution in [3.63, 3.8) is 0 Å². The van der Waals surface area contributed by atoms with E-state index in [2.05, 4.69) is 5.32 Å². The molecule has 1 aliphatic rings. The van der Waals surface area contributed by atoms with Gasteiger partial charge in [-0.1, -0.05) is 18.2 Å². The standard InChI is InChI=1S/C18H24N4O2/c1-14-17(19-16(23)13-21-11-7-4-8-12-21)18(24)22(20(14)2)15-9-5-3-6-10-15/h3,5-6,9-10H,4,7-8,11-13H2,1-2H3,(H,19,23)/p+1. The number of nitrogens with zero attached hydrogens (tertiary/aromatic N) is 2. The highest BCUT2D eigenvalue weighted by atomic mass is 16.2. The Balaban J connectivity index is 1.81. The number of hydrogen-bond donors (Lipinski definition) is 2. The quantitative estimate of drug-likeness (QED) is 0.858. The molecule has 1 amide bonds. The fraction of sp³-hybridized carbons (Fsp3) is 0.444. The van der Waals surface area contributed by atoms with Gasteiger partial charge in [-0.25, -0.2) is 4.68 Å². The van der Waals surface area contributed by atoms with Gasteiger partial charge < -0.3 is 10.2 Å². The average molecular weight is 329 g/mol. The summed E-state index contributed by atoms with van der Waals surface area (Å²) in [6, 6.07) is 9.45. The van der Waals surface area contributed by atoms with Crippen LogP contribution in [0.5, 0.6) is 0 Å². The summed E-state index contributed by atoms with van der Waals surface area (Å²) in [4.78, 5) is 26.4. The summed E-state index contributed by atoms with van der Waals surface area (Å²) in [6.07, 6.45) is 3.60. The van der Waals surface area contributed by atoms with Crippen LogP contribution in [-0.2, 0) is 11.8 Å². The number of benzene rings is 1. The third kappa shape index (κ3) is 3.28. The number of amides is 1. The second kappa shape index (κ2) is 7.05. The van der Waals surface area contributed by atoms with Crippen molar-refractivity contribution in [3.05, 3.63) is 46.4 Å². The minimum atomic E-state index is -0.191. The second-order valence-electron chi connectivity index (χ2n) is 6.47. The van der Waals surface area contributed by atoms with E-state index in [-0.39, 0.29) is 11.5 Å². The first-order valence-corrected chi connectivity index (χ1v) is 8.55. The van der Waals surface area contributed by atoms with Gasteiger partial charge in [0.05, 0.1) is 24.5 Å². The van der Waals surface area contributed by atoms with Crippen LogP contribution in [0.3, 0.4) is 0 Å². The number of anilines is 1. The molecule has 0 bridgehead atoms. The summed E-state index contributed by atoms with van der Waals surface area (Å²) in [7, 11) is 1.83. The molecule has 1 saturated heterocycles. The molecule has 0 unspecified atom stereocenters. The van der Waals surface area contributed by atoms with Crippen LogP contribution in [0.1, 0.15) is 25.0 Å². The Labute approximate surface area is 141 Å².